The molecule has 0 spiro atoms. The van der Waals surface area contributed by atoms with Gasteiger partial charge in [0.25, 0.3) is 0 Å². The van der Waals surface area contributed by atoms with E-state index in [4.69, 9.17) is 0 Å². The number of aryl methyl sites for hydroxylation is 1. The third-order valence-electron chi connectivity index (χ3n) is 4.03. The summed E-state index contributed by atoms with van der Waals surface area (Å²) >= 11 is 0. The highest BCUT2D eigenvalue weighted by molar-refractivity contribution is 7.88. The number of H-pyrrole nitrogens is 1. The van der Waals surface area contributed by atoms with Crippen LogP contribution in [0.15, 0.2) is 54.9 Å². The number of halogens is 1. The molecule has 2 N–H and O–H groups in total. The number of sulfonamides is 1. The number of hydrogen-bond donors (Lipinski definition) is 2. The number of nitrogens with zero attached hydrogens (tertiary/aromatic N) is 1. The second kappa shape index (κ2) is 7.81. The average molecular weight is 387 g/mol. The summed E-state index contributed by atoms with van der Waals surface area (Å²) in [6.45, 7) is 1.05. The van der Waals surface area contributed by atoms with Crippen LogP contribution in [-0.2, 0) is 15.8 Å². The Morgan fingerprint density at radius 2 is 1.93 bits per heavy atom. The van der Waals surface area contributed by atoms with Gasteiger partial charge in [-0.2, -0.15) is 5.10 Å². The second-order valence-electron chi connectivity index (χ2n) is 6.13. The first kappa shape index (κ1) is 18.9. The van der Waals surface area contributed by atoms with Crippen molar-refractivity contribution in [3.8, 4) is 11.1 Å². The molecule has 1 aromatic heterocycles. The molecule has 0 saturated carbocycles. The fourth-order valence-electron chi connectivity index (χ4n) is 2.67. The van der Waals surface area contributed by atoms with E-state index in [2.05, 4.69) is 14.9 Å². The van der Waals surface area contributed by atoms with Crippen LogP contribution in [0, 0.1) is 12.7 Å². The number of hydrogen-bond acceptors (Lipinski definition) is 4. The summed E-state index contributed by atoms with van der Waals surface area (Å²) in [4.78, 5) is 12.5. The molecule has 6 nitrogen and oxygen atoms in total. The number of benzene rings is 2. The van der Waals surface area contributed by atoms with Gasteiger partial charge in [0.05, 0.1) is 24.1 Å². The maximum Gasteiger partial charge on any atom is 0.216 e. The summed E-state index contributed by atoms with van der Waals surface area (Å²) in [5.41, 5.74) is 2.18. The Balaban J connectivity index is 1.79. The van der Waals surface area contributed by atoms with E-state index >= 15 is 0 Å². The SMILES string of the molecule is Cc1cc(-c2ccccc2)cc(C(=O)CNS(=O)(=O)Cc2cn[nH]c2)c1F. The Labute approximate surface area is 156 Å². The molecule has 0 saturated heterocycles. The number of Topliss-reactive ketones (excluding diaryl/α,β-unsaturated/α-hetero) is 1. The van der Waals surface area contributed by atoms with Crippen molar-refractivity contribution in [2.45, 2.75) is 12.7 Å². The topological polar surface area (TPSA) is 91.9 Å². The monoisotopic (exact) mass is 387 g/mol. The largest absolute Gasteiger partial charge is 0.293 e. The number of aromatic nitrogens is 2. The first-order valence-electron chi connectivity index (χ1n) is 8.19. The van der Waals surface area contributed by atoms with Crippen LogP contribution in [0.1, 0.15) is 21.5 Å². The molecule has 0 atom stereocenters. The molecule has 0 fully saturated rings. The summed E-state index contributed by atoms with van der Waals surface area (Å²) in [5.74, 6) is -1.60. The quantitative estimate of drug-likeness (QED) is 0.610. The number of rotatable bonds is 7. The van der Waals surface area contributed by atoms with Gasteiger partial charge in [0.15, 0.2) is 5.78 Å². The van der Waals surface area contributed by atoms with Crippen LogP contribution >= 0.6 is 0 Å². The third-order valence-corrected chi connectivity index (χ3v) is 5.32. The van der Waals surface area contributed by atoms with E-state index in [1.807, 2.05) is 30.3 Å². The molecule has 140 valence electrons. The van der Waals surface area contributed by atoms with Crippen LogP contribution in [0.2, 0.25) is 0 Å². The Kier molecular flexibility index (Phi) is 5.48. The van der Waals surface area contributed by atoms with Gasteiger partial charge in [-0.25, -0.2) is 17.5 Å². The highest BCUT2D eigenvalue weighted by Gasteiger charge is 2.19. The van der Waals surface area contributed by atoms with E-state index in [9.17, 15) is 17.6 Å². The molecule has 0 unspecified atom stereocenters. The fourth-order valence-corrected chi connectivity index (χ4v) is 3.72. The van der Waals surface area contributed by atoms with Gasteiger partial charge in [-0.1, -0.05) is 30.3 Å². The predicted molar refractivity (Wildman–Crippen MR) is 100 cm³/mol. The fraction of sp³-hybridized carbons (Fsp3) is 0.158. The smallest absolute Gasteiger partial charge is 0.216 e. The van der Waals surface area contributed by atoms with Gasteiger partial charge in [0.1, 0.15) is 5.82 Å². The van der Waals surface area contributed by atoms with Crippen molar-refractivity contribution in [2.24, 2.45) is 0 Å². The molecule has 0 aliphatic heterocycles. The molecule has 0 bridgehead atoms. The van der Waals surface area contributed by atoms with Crippen LogP contribution in [-0.4, -0.2) is 30.9 Å². The van der Waals surface area contributed by atoms with Crippen molar-refractivity contribution in [2.75, 3.05) is 6.54 Å². The molecule has 0 aliphatic rings. The van der Waals surface area contributed by atoms with Crippen LogP contribution in [0.3, 0.4) is 0 Å². The molecule has 0 aliphatic carbocycles. The molecule has 8 heteroatoms. The number of ketones is 1. The zero-order chi connectivity index (χ0) is 19.4. The lowest BCUT2D eigenvalue weighted by Crippen LogP contribution is -2.31. The Bertz CT molecular complexity index is 1050. The first-order valence-corrected chi connectivity index (χ1v) is 9.85. The summed E-state index contributed by atoms with van der Waals surface area (Å²) in [7, 11) is -3.75. The van der Waals surface area contributed by atoms with Gasteiger partial charge in [-0.3, -0.25) is 9.89 Å². The predicted octanol–water partition coefficient (Wildman–Crippen LogP) is 2.83. The van der Waals surface area contributed by atoms with Crippen LogP contribution < -0.4 is 4.72 Å². The van der Waals surface area contributed by atoms with Gasteiger partial charge in [0, 0.05) is 11.8 Å². The van der Waals surface area contributed by atoms with Gasteiger partial charge in [-0.15, -0.1) is 0 Å². The van der Waals surface area contributed by atoms with E-state index < -0.39 is 28.2 Å². The van der Waals surface area contributed by atoms with Crippen molar-refractivity contribution in [1.82, 2.24) is 14.9 Å². The zero-order valence-electron chi connectivity index (χ0n) is 14.6. The van der Waals surface area contributed by atoms with Gasteiger partial charge in [0.2, 0.25) is 10.0 Å². The summed E-state index contributed by atoms with van der Waals surface area (Å²) in [6, 6.07) is 12.4. The minimum Gasteiger partial charge on any atom is -0.293 e. The highest BCUT2D eigenvalue weighted by atomic mass is 32.2. The molecule has 3 rings (SSSR count). The van der Waals surface area contributed by atoms with Crippen molar-refractivity contribution in [3.05, 3.63) is 77.4 Å². The van der Waals surface area contributed by atoms with Crippen LogP contribution in [0.25, 0.3) is 11.1 Å². The lowest BCUT2D eigenvalue weighted by Gasteiger charge is -2.10. The summed E-state index contributed by atoms with van der Waals surface area (Å²) in [6.07, 6.45) is 2.83. The third kappa shape index (κ3) is 4.66. The van der Waals surface area contributed by atoms with Gasteiger partial charge in [-0.05, 0) is 35.7 Å². The number of carbonyl (C=O) groups is 1. The highest BCUT2D eigenvalue weighted by Crippen LogP contribution is 2.25. The molecule has 0 amide bonds. The Hall–Kier alpha value is -2.84. The lowest BCUT2D eigenvalue weighted by atomic mass is 9.98. The van der Waals surface area contributed by atoms with Crippen molar-refractivity contribution < 1.29 is 17.6 Å². The lowest BCUT2D eigenvalue weighted by molar-refractivity contribution is 0.0993. The molecular weight excluding hydrogens is 369 g/mol. The minimum absolute atomic E-state index is 0.139. The van der Waals surface area contributed by atoms with E-state index in [1.54, 1.807) is 13.0 Å². The molecule has 1 heterocycles. The minimum atomic E-state index is -3.75. The maximum absolute atomic E-state index is 14.5. The summed E-state index contributed by atoms with van der Waals surface area (Å²) < 4.78 is 40.8. The molecule has 27 heavy (non-hydrogen) atoms. The summed E-state index contributed by atoms with van der Waals surface area (Å²) in [5, 5.41) is 6.19. The second-order valence-corrected chi connectivity index (χ2v) is 7.94. The Morgan fingerprint density at radius 1 is 1.19 bits per heavy atom. The van der Waals surface area contributed by atoms with Crippen molar-refractivity contribution in [1.29, 1.82) is 0 Å². The van der Waals surface area contributed by atoms with E-state index in [0.29, 0.717) is 16.7 Å². The standard InChI is InChI=1S/C19H18FN3O3S/c1-13-7-16(15-5-3-2-4-6-15)8-17(19(13)20)18(24)11-23-27(25,26)12-14-9-21-22-10-14/h2-10,23H,11-12H2,1H3,(H,21,22). The van der Waals surface area contributed by atoms with Gasteiger partial charge >= 0.3 is 0 Å². The maximum atomic E-state index is 14.5. The zero-order valence-corrected chi connectivity index (χ0v) is 15.4. The molecule has 0 radical (unpaired) electrons. The Morgan fingerprint density at radius 3 is 2.59 bits per heavy atom. The average Bonchev–Trinajstić information content (AvgIpc) is 3.15. The number of aromatic amines is 1. The van der Waals surface area contributed by atoms with Gasteiger partial charge < -0.3 is 0 Å². The van der Waals surface area contributed by atoms with Crippen molar-refractivity contribution >= 4 is 15.8 Å². The first-order chi connectivity index (χ1) is 12.9. The van der Waals surface area contributed by atoms with Crippen LogP contribution in [0.4, 0.5) is 4.39 Å². The number of carbonyl (C=O) groups excluding carboxylic acids is 1. The normalized spacial score (nSPS) is 11.5. The molecule has 2 aromatic carbocycles. The van der Waals surface area contributed by atoms with E-state index in [0.717, 1.165) is 5.56 Å². The van der Waals surface area contributed by atoms with E-state index in [-0.39, 0.29) is 11.3 Å². The molecule has 3 aromatic rings. The van der Waals surface area contributed by atoms with E-state index in [1.165, 1.54) is 18.5 Å². The number of nitrogens with one attached hydrogen (secondary N) is 2. The van der Waals surface area contributed by atoms with Crippen LogP contribution in [0.5, 0.6) is 0 Å². The van der Waals surface area contributed by atoms with Crippen molar-refractivity contribution in [3.63, 3.8) is 0 Å². The molecular formula is C19H18FN3O3S.